The Morgan fingerprint density at radius 2 is 2.32 bits per heavy atom. The fraction of sp³-hybridized carbons (Fsp3) is 0.500. The quantitative estimate of drug-likeness (QED) is 0.903. The number of nitrogens with zero attached hydrogens (tertiary/aromatic N) is 1. The Labute approximate surface area is 116 Å². The predicted octanol–water partition coefficient (Wildman–Crippen LogP) is 2.19. The van der Waals surface area contributed by atoms with Gasteiger partial charge in [0, 0.05) is 24.5 Å². The number of hydrogen-bond acceptors (Lipinski definition) is 3. The fourth-order valence-electron chi connectivity index (χ4n) is 3.03. The van der Waals surface area contributed by atoms with Gasteiger partial charge in [0.15, 0.2) is 0 Å². The molecule has 2 aliphatic heterocycles. The van der Waals surface area contributed by atoms with E-state index in [2.05, 4.69) is 0 Å². The van der Waals surface area contributed by atoms with Gasteiger partial charge in [-0.15, -0.1) is 0 Å². The molecule has 102 valence electrons. The summed E-state index contributed by atoms with van der Waals surface area (Å²) < 4.78 is 6.15. The SMILES string of the molecule is O=C(O)CN1CCC2(CCc3cc(Cl)ccc3O2)C1. The van der Waals surface area contributed by atoms with Crippen LogP contribution >= 0.6 is 11.6 Å². The Morgan fingerprint density at radius 3 is 3.11 bits per heavy atom. The maximum Gasteiger partial charge on any atom is 0.317 e. The second-order valence-electron chi connectivity index (χ2n) is 5.39. The van der Waals surface area contributed by atoms with Gasteiger partial charge in [0.2, 0.25) is 0 Å². The monoisotopic (exact) mass is 281 g/mol. The standard InChI is InChI=1S/C14H16ClNO3/c15-11-1-2-12-10(7-11)3-4-14(19-12)5-6-16(9-14)8-13(17)18/h1-2,7H,3-6,8-9H2,(H,17,18). The molecular weight excluding hydrogens is 266 g/mol. The topological polar surface area (TPSA) is 49.8 Å². The first-order chi connectivity index (χ1) is 9.06. The summed E-state index contributed by atoms with van der Waals surface area (Å²) in [5, 5.41) is 9.59. The van der Waals surface area contributed by atoms with Crippen LogP contribution in [0.2, 0.25) is 5.02 Å². The van der Waals surface area contributed by atoms with Crippen LogP contribution in [0.5, 0.6) is 5.75 Å². The highest BCUT2D eigenvalue weighted by Crippen LogP contribution is 2.39. The van der Waals surface area contributed by atoms with E-state index < -0.39 is 5.97 Å². The molecule has 1 unspecified atom stereocenters. The van der Waals surface area contributed by atoms with Crippen LogP contribution in [0.25, 0.3) is 0 Å². The van der Waals surface area contributed by atoms with Crippen molar-refractivity contribution in [1.29, 1.82) is 0 Å². The molecular formula is C14H16ClNO3. The van der Waals surface area contributed by atoms with Gasteiger partial charge in [-0.1, -0.05) is 11.6 Å². The molecule has 4 nitrogen and oxygen atoms in total. The highest BCUT2D eigenvalue weighted by Gasteiger charge is 2.42. The molecule has 19 heavy (non-hydrogen) atoms. The number of halogens is 1. The third-order valence-corrected chi connectivity index (χ3v) is 4.19. The molecule has 0 aromatic heterocycles. The lowest BCUT2D eigenvalue weighted by molar-refractivity contribution is -0.138. The highest BCUT2D eigenvalue weighted by molar-refractivity contribution is 6.30. The number of ether oxygens (including phenoxy) is 1. The number of carboxylic acid groups (broad SMARTS) is 1. The van der Waals surface area contributed by atoms with Crippen LogP contribution in [0.3, 0.4) is 0 Å². The van der Waals surface area contributed by atoms with E-state index in [0.717, 1.165) is 42.1 Å². The summed E-state index contributed by atoms with van der Waals surface area (Å²) in [7, 11) is 0. The smallest absolute Gasteiger partial charge is 0.317 e. The van der Waals surface area contributed by atoms with Crippen molar-refractivity contribution in [2.75, 3.05) is 19.6 Å². The number of fused-ring (bicyclic) bond motifs is 1. The second kappa shape index (κ2) is 4.69. The van der Waals surface area contributed by atoms with Crippen molar-refractivity contribution >= 4 is 17.6 Å². The van der Waals surface area contributed by atoms with E-state index in [-0.39, 0.29) is 12.1 Å². The summed E-state index contributed by atoms with van der Waals surface area (Å²) in [5.41, 5.74) is 0.936. The minimum atomic E-state index is -0.778. The normalized spacial score (nSPS) is 26.2. The predicted molar refractivity (Wildman–Crippen MR) is 71.8 cm³/mol. The van der Waals surface area contributed by atoms with E-state index in [1.807, 2.05) is 23.1 Å². The van der Waals surface area contributed by atoms with Gasteiger partial charge in [-0.2, -0.15) is 0 Å². The van der Waals surface area contributed by atoms with Crippen LogP contribution < -0.4 is 4.74 Å². The lowest BCUT2D eigenvalue weighted by Crippen LogP contribution is -2.43. The minimum absolute atomic E-state index is 0.0958. The zero-order chi connectivity index (χ0) is 13.5. The molecule has 0 radical (unpaired) electrons. The molecule has 1 saturated heterocycles. The van der Waals surface area contributed by atoms with Gasteiger partial charge < -0.3 is 9.84 Å². The van der Waals surface area contributed by atoms with Crippen molar-refractivity contribution in [2.24, 2.45) is 0 Å². The van der Waals surface area contributed by atoms with E-state index in [0.29, 0.717) is 6.54 Å². The molecule has 3 rings (SSSR count). The summed E-state index contributed by atoms with van der Waals surface area (Å²) in [6, 6.07) is 5.70. The fourth-order valence-corrected chi connectivity index (χ4v) is 3.23. The lowest BCUT2D eigenvalue weighted by Gasteiger charge is -2.35. The summed E-state index contributed by atoms with van der Waals surface area (Å²) in [5.74, 6) is 0.118. The maximum absolute atomic E-state index is 10.8. The molecule has 1 fully saturated rings. The maximum atomic E-state index is 10.8. The molecule has 1 spiro atoms. The summed E-state index contributed by atoms with van der Waals surface area (Å²) in [6.45, 7) is 1.58. The number of likely N-dealkylation sites (tertiary alicyclic amines) is 1. The van der Waals surface area contributed by atoms with E-state index >= 15 is 0 Å². The molecule has 0 saturated carbocycles. The van der Waals surface area contributed by atoms with Crippen LogP contribution in [-0.2, 0) is 11.2 Å². The van der Waals surface area contributed by atoms with Gasteiger partial charge in [-0.25, -0.2) is 0 Å². The number of hydrogen-bond donors (Lipinski definition) is 1. The van der Waals surface area contributed by atoms with Crippen LogP contribution in [0.15, 0.2) is 18.2 Å². The van der Waals surface area contributed by atoms with E-state index in [1.54, 1.807) is 0 Å². The third kappa shape index (κ3) is 2.55. The molecule has 2 aliphatic rings. The van der Waals surface area contributed by atoms with Gasteiger partial charge in [0.05, 0.1) is 6.54 Å². The molecule has 0 amide bonds. The van der Waals surface area contributed by atoms with Crippen molar-refractivity contribution < 1.29 is 14.6 Å². The first kappa shape index (κ1) is 12.8. The average Bonchev–Trinajstić information content (AvgIpc) is 2.72. The molecule has 1 atom stereocenters. The Morgan fingerprint density at radius 1 is 1.47 bits per heavy atom. The van der Waals surface area contributed by atoms with Crippen LogP contribution in [0.1, 0.15) is 18.4 Å². The van der Waals surface area contributed by atoms with E-state index in [9.17, 15) is 4.79 Å². The number of benzene rings is 1. The highest BCUT2D eigenvalue weighted by atomic mass is 35.5. The number of carboxylic acids is 1. The van der Waals surface area contributed by atoms with Crippen molar-refractivity contribution in [3.63, 3.8) is 0 Å². The van der Waals surface area contributed by atoms with Crippen LogP contribution in [-0.4, -0.2) is 41.2 Å². The number of aliphatic carboxylic acids is 1. The second-order valence-corrected chi connectivity index (χ2v) is 5.83. The lowest BCUT2D eigenvalue weighted by atomic mass is 9.90. The van der Waals surface area contributed by atoms with Crippen molar-refractivity contribution in [2.45, 2.75) is 24.9 Å². The van der Waals surface area contributed by atoms with Gasteiger partial charge >= 0.3 is 5.97 Å². The van der Waals surface area contributed by atoms with Gasteiger partial charge in [-0.3, -0.25) is 9.69 Å². The number of rotatable bonds is 2. The van der Waals surface area contributed by atoms with Crippen molar-refractivity contribution in [3.8, 4) is 5.75 Å². The summed E-state index contributed by atoms with van der Waals surface area (Å²) >= 11 is 5.98. The van der Waals surface area contributed by atoms with Gasteiger partial charge in [-0.05, 0) is 36.6 Å². The van der Waals surface area contributed by atoms with E-state index in [1.165, 1.54) is 0 Å². The van der Waals surface area contributed by atoms with Crippen molar-refractivity contribution in [1.82, 2.24) is 4.90 Å². The zero-order valence-electron chi connectivity index (χ0n) is 10.6. The molecule has 0 aliphatic carbocycles. The largest absolute Gasteiger partial charge is 0.486 e. The number of carbonyl (C=O) groups is 1. The van der Waals surface area contributed by atoms with Gasteiger partial charge in [0.1, 0.15) is 11.4 Å². The molecule has 1 aromatic rings. The summed E-state index contributed by atoms with van der Waals surface area (Å²) in [6.07, 6.45) is 2.76. The molecule has 5 heteroatoms. The minimum Gasteiger partial charge on any atom is -0.486 e. The van der Waals surface area contributed by atoms with E-state index in [4.69, 9.17) is 21.4 Å². The zero-order valence-corrected chi connectivity index (χ0v) is 11.3. The number of aryl methyl sites for hydroxylation is 1. The molecule has 1 N–H and O–H groups in total. The Hall–Kier alpha value is -1.26. The molecule has 0 bridgehead atoms. The molecule has 1 aromatic carbocycles. The first-order valence-electron chi connectivity index (χ1n) is 6.48. The van der Waals surface area contributed by atoms with Crippen LogP contribution in [0.4, 0.5) is 0 Å². The van der Waals surface area contributed by atoms with Gasteiger partial charge in [0.25, 0.3) is 0 Å². The van der Waals surface area contributed by atoms with Crippen molar-refractivity contribution in [3.05, 3.63) is 28.8 Å². The Bertz CT molecular complexity index is 519. The Balaban J connectivity index is 1.75. The third-order valence-electron chi connectivity index (χ3n) is 3.95. The molecule has 2 heterocycles. The van der Waals surface area contributed by atoms with Crippen LogP contribution in [0, 0.1) is 0 Å². The first-order valence-corrected chi connectivity index (χ1v) is 6.86. The Kier molecular flexibility index (Phi) is 3.15. The average molecular weight is 282 g/mol. The summed E-state index contributed by atoms with van der Waals surface area (Å²) in [4.78, 5) is 12.7.